The fourth-order valence-corrected chi connectivity index (χ4v) is 1.72. The van der Waals surface area contributed by atoms with E-state index in [1.807, 2.05) is 19.3 Å². The highest BCUT2D eigenvalue weighted by atomic mass is 16.2. The second kappa shape index (κ2) is 9.91. The number of carbonyl (C=O) groups is 3. The smallest absolute Gasteiger partial charge is 0.312 e. The van der Waals surface area contributed by atoms with Gasteiger partial charge >= 0.3 is 6.03 Å². The Hall–Kier alpha value is -1.91. The Morgan fingerprint density at radius 3 is 2.14 bits per heavy atom. The lowest BCUT2D eigenvalue weighted by Gasteiger charge is -2.23. The van der Waals surface area contributed by atoms with E-state index in [-0.39, 0.29) is 5.92 Å². The Bertz CT molecular complexity index is 362. The molecule has 0 rings (SSSR count). The first kappa shape index (κ1) is 19.1. The van der Waals surface area contributed by atoms with Crippen molar-refractivity contribution in [1.82, 2.24) is 21.5 Å². The van der Waals surface area contributed by atoms with Crippen molar-refractivity contribution in [2.75, 3.05) is 6.54 Å². The molecule has 0 aromatic heterocycles. The number of rotatable bonds is 9. The van der Waals surface area contributed by atoms with Gasteiger partial charge in [0, 0.05) is 6.54 Å². The number of hydrogen-bond donors (Lipinski definition) is 7. The molecule has 10 nitrogen and oxygen atoms in total. The first-order valence-corrected chi connectivity index (χ1v) is 6.63. The Morgan fingerprint density at radius 2 is 1.71 bits per heavy atom. The number of urea groups is 1. The highest BCUT2D eigenvalue weighted by molar-refractivity contribution is 5.89. The second-order valence-corrected chi connectivity index (χ2v) is 4.89. The summed E-state index contributed by atoms with van der Waals surface area (Å²) in [4.78, 5) is 34.2. The number of carbonyl (C=O) groups excluding carboxylic acids is 3. The molecule has 0 aromatic carbocycles. The molecule has 10 N–H and O–H groups in total. The number of primary amides is 1. The minimum absolute atomic E-state index is 0.0480. The molecular formula is C11H25N7O3. The lowest BCUT2D eigenvalue weighted by Crippen LogP contribution is -2.56. The summed E-state index contributed by atoms with van der Waals surface area (Å²) in [5, 5.41) is 4.96. The van der Waals surface area contributed by atoms with Crippen LogP contribution in [0, 0.1) is 5.92 Å². The maximum Gasteiger partial charge on any atom is 0.312 e. The largest absolute Gasteiger partial charge is 0.352 e. The summed E-state index contributed by atoms with van der Waals surface area (Å²) in [6, 6.07) is -2.08. The Kier molecular flexibility index (Phi) is 9.01. The third-order valence-electron chi connectivity index (χ3n) is 2.87. The van der Waals surface area contributed by atoms with E-state index in [0.29, 0.717) is 19.4 Å². The summed E-state index contributed by atoms with van der Waals surface area (Å²) in [7, 11) is 0. The van der Waals surface area contributed by atoms with E-state index in [1.54, 1.807) is 0 Å². The summed E-state index contributed by atoms with van der Waals surface area (Å²) < 4.78 is 0. The standard InChI is InChI=1S/C11H25N7O3/c1-6(2)8(17-13)10(20)16-7(9(19)18-14)4-3-5-15-11(12)21/h6-8,17H,3-5,13-14H2,1-2H3,(H,16,20)(H,18,19)(H3,12,15,21)/t7-,8-/m0/s1. The molecule has 0 saturated carbocycles. The third kappa shape index (κ3) is 7.44. The van der Waals surface area contributed by atoms with Crippen LogP contribution in [0.3, 0.4) is 0 Å². The fourth-order valence-electron chi connectivity index (χ4n) is 1.72. The predicted octanol–water partition coefficient (Wildman–Crippen LogP) is -2.60. The zero-order chi connectivity index (χ0) is 16.4. The Balaban J connectivity index is 4.51. The van der Waals surface area contributed by atoms with Gasteiger partial charge in [-0.25, -0.2) is 16.1 Å². The van der Waals surface area contributed by atoms with Crippen LogP contribution >= 0.6 is 0 Å². The highest BCUT2D eigenvalue weighted by Crippen LogP contribution is 2.03. The van der Waals surface area contributed by atoms with Gasteiger partial charge < -0.3 is 16.4 Å². The van der Waals surface area contributed by atoms with Crippen molar-refractivity contribution in [2.45, 2.75) is 38.8 Å². The van der Waals surface area contributed by atoms with E-state index in [4.69, 9.17) is 17.4 Å². The van der Waals surface area contributed by atoms with Crippen molar-refractivity contribution < 1.29 is 14.4 Å². The van der Waals surface area contributed by atoms with E-state index in [0.717, 1.165) is 0 Å². The van der Waals surface area contributed by atoms with E-state index >= 15 is 0 Å². The number of hydrogen-bond acceptors (Lipinski definition) is 6. The van der Waals surface area contributed by atoms with Gasteiger partial charge in [-0.1, -0.05) is 13.8 Å². The first-order valence-electron chi connectivity index (χ1n) is 6.63. The van der Waals surface area contributed by atoms with E-state index in [2.05, 4.69) is 16.1 Å². The van der Waals surface area contributed by atoms with Crippen molar-refractivity contribution in [3.05, 3.63) is 0 Å². The molecule has 0 spiro atoms. The molecule has 0 saturated heterocycles. The van der Waals surface area contributed by atoms with Crippen LogP contribution in [-0.2, 0) is 9.59 Å². The first-order chi connectivity index (χ1) is 9.83. The topological polar surface area (TPSA) is 177 Å². The highest BCUT2D eigenvalue weighted by Gasteiger charge is 2.26. The Labute approximate surface area is 123 Å². The van der Waals surface area contributed by atoms with Gasteiger partial charge in [-0.05, 0) is 18.8 Å². The molecular weight excluding hydrogens is 278 g/mol. The molecule has 4 amide bonds. The summed E-state index contributed by atoms with van der Waals surface area (Å²) in [5.74, 6) is 9.43. The quantitative estimate of drug-likeness (QED) is 0.106. The lowest BCUT2D eigenvalue weighted by atomic mass is 10.0. The summed E-state index contributed by atoms with van der Waals surface area (Å²) >= 11 is 0. The van der Waals surface area contributed by atoms with E-state index < -0.39 is 29.9 Å². The molecule has 0 fully saturated rings. The Morgan fingerprint density at radius 1 is 1.10 bits per heavy atom. The minimum atomic E-state index is -0.813. The van der Waals surface area contributed by atoms with Gasteiger partial charge in [0.05, 0.1) is 0 Å². The average molecular weight is 303 g/mol. The maximum atomic E-state index is 12.0. The molecule has 0 aliphatic rings. The van der Waals surface area contributed by atoms with E-state index in [9.17, 15) is 14.4 Å². The number of nitrogens with one attached hydrogen (secondary N) is 4. The van der Waals surface area contributed by atoms with Crippen LogP contribution in [0.1, 0.15) is 26.7 Å². The summed E-state index contributed by atoms with van der Waals surface area (Å²) in [6.45, 7) is 3.93. The van der Waals surface area contributed by atoms with Crippen LogP contribution in [0.2, 0.25) is 0 Å². The minimum Gasteiger partial charge on any atom is -0.352 e. The van der Waals surface area contributed by atoms with Crippen molar-refractivity contribution in [3.63, 3.8) is 0 Å². The normalized spacial score (nSPS) is 13.4. The van der Waals surface area contributed by atoms with Crippen LogP contribution in [0.5, 0.6) is 0 Å². The van der Waals surface area contributed by atoms with Crippen LogP contribution in [0.25, 0.3) is 0 Å². The number of nitrogens with two attached hydrogens (primary N) is 3. The van der Waals surface area contributed by atoms with Gasteiger partial charge in [-0.15, -0.1) is 0 Å². The van der Waals surface area contributed by atoms with Gasteiger partial charge in [-0.2, -0.15) is 0 Å². The number of amides is 4. The SMILES string of the molecule is CC(C)[C@H](NN)C(=O)N[C@@H](CCCNC(N)=O)C(=O)NN. The molecule has 2 atom stereocenters. The van der Waals surface area contributed by atoms with Crippen LogP contribution < -0.4 is 38.9 Å². The van der Waals surface area contributed by atoms with Gasteiger partial charge in [0.1, 0.15) is 12.1 Å². The predicted molar refractivity (Wildman–Crippen MR) is 77.0 cm³/mol. The van der Waals surface area contributed by atoms with E-state index in [1.165, 1.54) is 0 Å². The van der Waals surface area contributed by atoms with Crippen molar-refractivity contribution >= 4 is 17.8 Å². The zero-order valence-electron chi connectivity index (χ0n) is 12.3. The summed E-state index contributed by atoms with van der Waals surface area (Å²) in [5.41, 5.74) is 9.31. The third-order valence-corrected chi connectivity index (χ3v) is 2.87. The molecule has 0 aliphatic carbocycles. The van der Waals surface area contributed by atoms with Crippen molar-refractivity contribution in [2.24, 2.45) is 23.3 Å². The van der Waals surface area contributed by atoms with Crippen LogP contribution in [-0.4, -0.2) is 36.5 Å². The maximum absolute atomic E-state index is 12.0. The van der Waals surface area contributed by atoms with Crippen molar-refractivity contribution in [1.29, 1.82) is 0 Å². The van der Waals surface area contributed by atoms with Crippen LogP contribution in [0.4, 0.5) is 4.79 Å². The molecule has 0 aliphatic heterocycles. The molecule has 0 radical (unpaired) electrons. The monoisotopic (exact) mass is 303 g/mol. The molecule has 0 heterocycles. The molecule has 21 heavy (non-hydrogen) atoms. The van der Waals surface area contributed by atoms with Crippen LogP contribution in [0.15, 0.2) is 0 Å². The van der Waals surface area contributed by atoms with Gasteiger partial charge in [0.25, 0.3) is 5.91 Å². The van der Waals surface area contributed by atoms with Gasteiger partial charge in [0.15, 0.2) is 0 Å². The van der Waals surface area contributed by atoms with Crippen molar-refractivity contribution in [3.8, 4) is 0 Å². The molecule has 10 heteroatoms. The second-order valence-electron chi connectivity index (χ2n) is 4.89. The zero-order valence-corrected chi connectivity index (χ0v) is 12.3. The van der Waals surface area contributed by atoms with Gasteiger partial charge in [-0.3, -0.25) is 20.9 Å². The molecule has 0 aromatic rings. The molecule has 0 unspecified atom stereocenters. The molecule has 122 valence electrons. The lowest BCUT2D eigenvalue weighted by molar-refractivity contribution is -0.130. The fraction of sp³-hybridized carbons (Fsp3) is 0.727. The summed E-state index contributed by atoms with van der Waals surface area (Å²) in [6.07, 6.45) is 0.744. The number of hydrazine groups is 2. The molecule has 0 bridgehead atoms. The average Bonchev–Trinajstić information content (AvgIpc) is 2.41. The van der Waals surface area contributed by atoms with Gasteiger partial charge in [0.2, 0.25) is 5.91 Å².